The van der Waals surface area contributed by atoms with Crippen LogP contribution in [0.4, 0.5) is 0 Å². The molecule has 0 spiro atoms. The van der Waals surface area contributed by atoms with Gasteiger partial charge in [-0.3, -0.25) is 14.4 Å². The van der Waals surface area contributed by atoms with E-state index in [0.717, 1.165) is 57.8 Å². The van der Waals surface area contributed by atoms with Crippen molar-refractivity contribution in [1.82, 2.24) is 0 Å². The zero-order chi connectivity index (χ0) is 55.0. The minimum Gasteiger partial charge on any atom is -0.462 e. The smallest absolute Gasteiger partial charge is 0.306 e. The fourth-order valence-electron chi connectivity index (χ4n) is 10.5. The Labute approximate surface area is 474 Å². The first-order valence-corrected chi connectivity index (χ1v) is 34.3. The molecule has 0 N–H and O–H groups in total. The predicted octanol–water partition coefficient (Wildman–Crippen LogP) is 23.4. The summed E-state index contributed by atoms with van der Waals surface area (Å²) in [5.41, 5.74) is 0. The Morgan fingerprint density at radius 2 is 0.434 bits per heavy atom. The Balaban J connectivity index is 3.88. The van der Waals surface area contributed by atoms with Gasteiger partial charge >= 0.3 is 17.9 Å². The minimum atomic E-state index is -0.767. The third-order valence-electron chi connectivity index (χ3n) is 15.7. The molecular formula is C70H132O6. The Kier molecular flexibility index (Phi) is 63.6. The lowest BCUT2D eigenvalue weighted by molar-refractivity contribution is -0.167. The molecule has 76 heavy (non-hydrogen) atoms. The minimum absolute atomic E-state index is 0.0678. The van der Waals surface area contributed by atoms with Crippen LogP contribution in [0.2, 0.25) is 0 Å². The van der Waals surface area contributed by atoms with E-state index in [0.29, 0.717) is 19.3 Å². The van der Waals surface area contributed by atoms with E-state index in [4.69, 9.17) is 14.2 Å². The topological polar surface area (TPSA) is 78.9 Å². The quantitative estimate of drug-likeness (QED) is 0.0261. The van der Waals surface area contributed by atoms with Gasteiger partial charge in [-0.15, -0.1) is 0 Å². The number of carbonyl (C=O) groups is 3. The molecule has 6 nitrogen and oxygen atoms in total. The van der Waals surface area contributed by atoms with Crippen LogP contribution in [-0.2, 0) is 28.6 Å². The van der Waals surface area contributed by atoms with Crippen LogP contribution < -0.4 is 0 Å². The zero-order valence-corrected chi connectivity index (χ0v) is 51.6. The highest BCUT2D eigenvalue weighted by atomic mass is 16.6. The van der Waals surface area contributed by atoms with Crippen molar-refractivity contribution in [2.24, 2.45) is 0 Å². The average Bonchev–Trinajstić information content (AvgIpc) is 3.42. The summed E-state index contributed by atoms with van der Waals surface area (Å²) in [6.45, 7) is 6.63. The number of ether oxygens (including phenoxy) is 3. The van der Waals surface area contributed by atoms with Gasteiger partial charge in [0.2, 0.25) is 0 Å². The van der Waals surface area contributed by atoms with E-state index in [2.05, 4.69) is 45.1 Å². The van der Waals surface area contributed by atoms with Crippen LogP contribution in [0.3, 0.4) is 0 Å². The van der Waals surface area contributed by atoms with Crippen LogP contribution in [0.5, 0.6) is 0 Å². The molecule has 0 radical (unpaired) electrons. The van der Waals surface area contributed by atoms with Crippen LogP contribution in [0.25, 0.3) is 0 Å². The number of rotatable bonds is 64. The second-order valence-electron chi connectivity index (χ2n) is 23.4. The summed E-state index contributed by atoms with van der Waals surface area (Å²) in [7, 11) is 0. The molecule has 0 aliphatic rings. The SMILES string of the molecule is CCCCCCCC/C=C\CCCCCCCCCC(=O)OC(COC(=O)CCCCCCCC)COC(=O)CCCCCCCCCCCCCCCCCCCCCCCCC/C=C\CCCCCCCCCC. The zero-order valence-electron chi connectivity index (χ0n) is 51.6. The van der Waals surface area contributed by atoms with Crippen molar-refractivity contribution >= 4 is 17.9 Å². The van der Waals surface area contributed by atoms with Gasteiger partial charge in [-0.2, -0.15) is 0 Å². The highest BCUT2D eigenvalue weighted by Crippen LogP contribution is 2.18. The lowest BCUT2D eigenvalue weighted by Crippen LogP contribution is -2.30. The van der Waals surface area contributed by atoms with Crippen LogP contribution in [0.1, 0.15) is 387 Å². The van der Waals surface area contributed by atoms with Crippen LogP contribution in [-0.4, -0.2) is 37.2 Å². The highest BCUT2D eigenvalue weighted by Gasteiger charge is 2.19. The molecule has 0 fully saturated rings. The third-order valence-corrected chi connectivity index (χ3v) is 15.7. The number of carbonyl (C=O) groups excluding carboxylic acids is 3. The van der Waals surface area contributed by atoms with Crippen molar-refractivity contribution in [3.63, 3.8) is 0 Å². The molecule has 0 aromatic rings. The summed E-state index contributed by atoms with van der Waals surface area (Å²) in [6.07, 6.45) is 79.8. The first-order chi connectivity index (χ1) is 37.5. The fourth-order valence-corrected chi connectivity index (χ4v) is 10.5. The van der Waals surface area contributed by atoms with Crippen LogP contribution >= 0.6 is 0 Å². The molecule has 0 aliphatic carbocycles. The Bertz CT molecular complexity index is 1230. The Morgan fingerprint density at radius 3 is 0.658 bits per heavy atom. The van der Waals surface area contributed by atoms with E-state index in [-0.39, 0.29) is 31.1 Å². The molecule has 0 aromatic heterocycles. The summed E-state index contributed by atoms with van der Waals surface area (Å²) >= 11 is 0. The molecule has 1 atom stereocenters. The van der Waals surface area contributed by atoms with Gasteiger partial charge in [0.15, 0.2) is 6.10 Å². The maximum absolute atomic E-state index is 12.8. The number of hydrogen-bond acceptors (Lipinski definition) is 6. The molecule has 0 saturated carbocycles. The van der Waals surface area contributed by atoms with E-state index in [9.17, 15) is 14.4 Å². The number of unbranched alkanes of at least 4 members (excludes halogenated alkanes) is 49. The average molecular weight is 1070 g/mol. The molecule has 0 rings (SSSR count). The summed E-state index contributed by atoms with van der Waals surface area (Å²) < 4.78 is 16.8. The number of hydrogen-bond donors (Lipinski definition) is 0. The maximum Gasteiger partial charge on any atom is 0.306 e. The number of esters is 3. The Morgan fingerprint density at radius 1 is 0.250 bits per heavy atom. The molecule has 448 valence electrons. The fraction of sp³-hybridized carbons (Fsp3) is 0.900. The summed E-state index contributed by atoms with van der Waals surface area (Å²) in [4.78, 5) is 38.0. The monoisotopic (exact) mass is 1070 g/mol. The van der Waals surface area contributed by atoms with E-state index in [1.165, 1.54) is 289 Å². The van der Waals surface area contributed by atoms with Crippen molar-refractivity contribution in [3.05, 3.63) is 24.3 Å². The van der Waals surface area contributed by atoms with Gasteiger partial charge in [-0.1, -0.05) is 321 Å². The van der Waals surface area contributed by atoms with Crippen molar-refractivity contribution in [3.8, 4) is 0 Å². The molecule has 1 unspecified atom stereocenters. The standard InChI is InChI=1S/C70H132O6/c1-4-7-10-13-16-18-20-22-24-26-27-28-29-30-31-32-33-34-35-36-37-38-39-40-41-42-43-45-46-48-50-52-54-57-60-63-69(72)75-66-67(65-74-68(71)62-59-56-15-12-9-6-3)76-70(73)64-61-58-55-53-51-49-47-44-25-23-21-19-17-14-11-8-5-2/h23,25-27,67H,4-22,24,28-66H2,1-3H3/b25-23-,27-26-. The van der Waals surface area contributed by atoms with Gasteiger partial charge < -0.3 is 14.2 Å². The first-order valence-electron chi connectivity index (χ1n) is 34.3. The van der Waals surface area contributed by atoms with E-state index < -0.39 is 6.10 Å². The molecular weight excluding hydrogens is 937 g/mol. The highest BCUT2D eigenvalue weighted by molar-refractivity contribution is 5.71. The number of allylic oxidation sites excluding steroid dienone is 4. The maximum atomic E-state index is 12.8. The van der Waals surface area contributed by atoms with E-state index in [1.54, 1.807) is 0 Å². The second kappa shape index (κ2) is 65.4. The van der Waals surface area contributed by atoms with Gasteiger partial charge in [-0.05, 0) is 70.6 Å². The van der Waals surface area contributed by atoms with Crippen molar-refractivity contribution in [2.75, 3.05) is 13.2 Å². The molecule has 0 amide bonds. The van der Waals surface area contributed by atoms with Crippen molar-refractivity contribution < 1.29 is 28.6 Å². The molecule has 0 bridgehead atoms. The lowest BCUT2D eigenvalue weighted by atomic mass is 10.0. The lowest BCUT2D eigenvalue weighted by Gasteiger charge is -2.18. The van der Waals surface area contributed by atoms with Gasteiger partial charge in [0.05, 0.1) is 0 Å². The molecule has 0 saturated heterocycles. The van der Waals surface area contributed by atoms with Gasteiger partial charge in [0.1, 0.15) is 13.2 Å². The van der Waals surface area contributed by atoms with Crippen LogP contribution in [0.15, 0.2) is 24.3 Å². The molecule has 0 aromatic carbocycles. The molecule has 0 aliphatic heterocycles. The van der Waals surface area contributed by atoms with Crippen LogP contribution in [0, 0.1) is 0 Å². The normalized spacial score (nSPS) is 12.1. The van der Waals surface area contributed by atoms with Crippen molar-refractivity contribution in [2.45, 2.75) is 393 Å². The third kappa shape index (κ3) is 62.7. The van der Waals surface area contributed by atoms with E-state index >= 15 is 0 Å². The van der Waals surface area contributed by atoms with Gasteiger partial charge in [-0.25, -0.2) is 0 Å². The molecule has 6 heteroatoms. The second-order valence-corrected chi connectivity index (χ2v) is 23.4. The van der Waals surface area contributed by atoms with Gasteiger partial charge in [0.25, 0.3) is 0 Å². The Hall–Kier alpha value is -2.11. The largest absolute Gasteiger partial charge is 0.462 e. The molecule has 0 heterocycles. The summed E-state index contributed by atoms with van der Waals surface area (Å²) in [5.74, 6) is -0.859. The summed E-state index contributed by atoms with van der Waals surface area (Å²) in [6, 6.07) is 0. The first kappa shape index (κ1) is 73.9. The predicted molar refractivity (Wildman–Crippen MR) is 330 cm³/mol. The van der Waals surface area contributed by atoms with Crippen molar-refractivity contribution in [1.29, 1.82) is 0 Å². The summed E-state index contributed by atoms with van der Waals surface area (Å²) in [5, 5.41) is 0. The van der Waals surface area contributed by atoms with Gasteiger partial charge in [0, 0.05) is 19.3 Å². The van der Waals surface area contributed by atoms with E-state index in [1.807, 2.05) is 0 Å².